The molecule has 0 bridgehead atoms. The molecule has 2 heteroatoms. The molecule has 0 aliphatic rings. The molecule has 0 aromatic carbocycles. The van der Waals surface area contributed by atoms with Gasteiger partial charge < -0.3 is 5.11 Å². The first-order valence-corrected chi connectivity index (χ1v) is 8.67. The average Bonchev–Trinajstić information content (AvgIpc) is 1.81. The Morgan fingerprint density at radius 1 is 1.31 bits per heavy atom. The number of aliphatic hydroxyl groups excluding tert-OH is 1. The molecule has 0 fully saturated rings. The summed E-state index contributed by atoms with van der Waals surface area (Å²) < 4.78 is 0. The van der Waals surface area contributed by atoms with E-state index in [1.165, 1.54) is 0 Å². The molecule has 1 atom stereocenters. The first-order valence-electron chi connectivity index (χ1n) is 5.10. The zero-order valence-corrected chi connectivity index (χ0v) is 10.9. The van der Waals surface area contributed by atoms with Crippen LogP contribution in [-0.4, -0.2) is 19.3 Å². The molecule has 1 N–H and O–H groups in total. The summed E-state index contributed by atoms with van der Waals surface area (Å²) in [6, 6.07) is 0. The summed E-state index contributed by atoms with van der Waals surface area (Å²) in [6.07, 6.45) is 0.652. The second-order valence-electron chi connectivity index (χ2n) is 5.40. The molecule has 1 nitrogen and oxygen atoms in total. The summed E-state index contributed by atoms with van der Waals surface area (Å²) in [5, 5.41) is 9.81. The molecule has 0 aliphatic carbocycles. The van der Waals surface area contributed by atoms with Gasteiger partial charge in [-0.3, -0.25) is 0 Å². The number of aliphatic hydroxyl groups is 1. The summed E-state index contributed by atoms with van der Waals surface area (Å²) in [6.45, 7) is 13.2. The molecule has 0 aliphatic heterocycles. The van der Waals surface area contributed by atoms with Gasteiger partial charge in [0.1, 0.15) is 0 Å². The van der Waals surface area contributed by atoms with Crippen molar-refractivity contribution in [2.75, 3.05) is 0 Å². The third-order valence-electron chi connectivity index (χ3n) is 1.88. The fraction of sp³-hybridized carbons (Fsp3) is 0.818. The van der Waals surface area contributed by atoms with Crippen LogP contribution in [0.4, 0.5) is 0 Å². The monoisotopic (exact) mass is 200 g/mol. The molecule has 0 rings (SSSR count). The molecule has 0 saturated carbocycles. The van der Waals surface area contributed by atoms with Crippen LogP contribution >= 0.6 is 0 Å². The molecule has 0 spiro atoms. The van der Waals surface area contributed by atoms with Crippen LogP contribution in [0.2, 0.25) is 19.6 Å². The van der Waals surface area contributed by atoms with Crippen LogP contribution < -0.4 is 0 Å². The van der Waals surface area contributed by atoms with Gasteiger partial charge in [0.15, 0.2) is 0 Å². The Morgan fingerprint density at radius 2 is 1.77 bits per heavy atom. The second-order valence-corrected chi connectivity index (χ2v) is 10.4. The van der Waals surface area contributed by atoms with Crippen molar-refractivity contribution in [1.29, 1.82) is 0 Å². The quantitative estimate of drug-likeness (QED) is 0.691. The van der Waals surface area contributed by atoms with Crippen LogP contribution in [0.1, 0.15) is 27.2 Å². The lowest BCUT2D eigenvalue weighted by Crippen LogP contribution is -2.20. The third-order valence-corrected chi connectivity index (χ3v) is 3.20. The maximum Gasteiger partial charge on any atom is 0.0746 e. The van der Waals surface area contributed by atoms with Crippen molar-refractivity contribution in [1.82, 2.24) is 0 Å². The van der Waals surface area contributed by atoms with E-state index in [0.29, 0.717) is 5.92 Å². The largest absolute Gasteiger partial charge is 0.389 e. The van der Waals surface area contributed by atoms with Crippen LogP contribution in [0, 0.1) is 5.92 Å². The van der Waals surface area contributed by atoms with Gasteiger partial charge in [0.2, 0.25) is 0 Å². The van der Waals surface area contributed by atoms with Crippen LogP contribution in [0.3, 0.4) is 0 Å². The maximum absolute atomic E-state index is 9.81. The highest BCUT2D eigenvalue weighted by molar-refractivity contribution is 6.81. The van der Waals surface area contributed by atoms with E-state index in [1.54, 1.807) is 0 Å². The maximum atomic E-state index is 9.81. The highest BCUT2D eigenvalue weighted by Crippen LogP contribution is 2.15. The molecule has 13 heavy (non-hydrogen) atoms. The van der Waals surface area contributed by atoms with Crippen LogP contribution in [-0.2, 0) is 0 Å². The van der Waals surface area contributed by atoms with Gasteiger partial charge in [-0.1, -0.05) is 44.8 Å². The van der Waals surface area contributed by atoms with Crippen molar-refractivity contribution in [2.24, 2.45) is 5.92 Å². The predicted octanol–water partition coefficient (Wildman–Crippen LogP) is 3.22. The molecule has 0 heterocycles. The van der Waals surface area contributed by atoms with E-state index in [1.807, 2.05) is 6.92 Å². The summed E-state index contributed by atoms with van der Waals surface area (Å²) in [4.78, 5) is 0. The van der Waals surface area contributed by atoms with Crippen LogP contribution in [0.15, 0.2) is 11.3 Å². The molecule has 78 valence electrons. The zero-order chi connectivity index (χ0) is 10.6. The van der Waals surface area contributed by atoms with Gasteiger partial charge in [0.05, 0.1) is 14.2 Å². The topological polar surface area (TPSA) is 20.2 Å². The molecular formula is C11H24OSi. The Labute approximate surface area is 83.9 Å². The van der Waals surface area contributed by atoms with Crippen molar-refractivity contribution < 1.29 is 5.11 Å². The fourth-order valence-electron chi connectivity index (χ4n) is 1.41. The minimum absolute atomic E-state index is 0.230. The van der Waals surface area contributed by atoms with E-state index in [-0.39, 0.29) is 6.10 Å². The van der Waals surface area contributed by atoms with E-state index in [2.05, 4.69) is 39.2 Å². The van der Waals surface area contributed by atoms with Gasteiger partial charge in [-0.15, -0.1) is 0 Å². The van der Waals surface area contributed by atoms with Crippen LogP contribution in [0.25, 0.3) is 0 Å². The fourth-order valence-corrected chi connectivity index (χ4v) is 2.97. The number of hydrogen-bond donors (Lipinski definition) is 1. The minimum Gasteiger partial charge on any atom is -0.389 e. The summed E-state index contributed by atoms with van der Waals surface area (Å²) >= 11 is 0. The summed E-state index contributed by atoms with van der Waals surface area (Å²) in [7, 11) is -1.16. The summed E-state index contributed by atoms with van der Waals surface area (Å²) in [5.41, 5.74) is 3.45. The minimum atomic E-state index is -1.16. The van der Waals surface area contributed by atoms with Gasteiger partial charge >= 0.3 is 0 Å². The molecule has 0 radical (unpaired) electrons. The second kappa shape index (κ2) is 4.96. The molecule has 0 aromatic rings. The first-order chi connectivity index (χ1) is 5.72. The van der Waals surface area contributed by atoms with Crippen molar-refractivity contribution in [3.8, 4) is 0 Å². The van der Waals surface area contributed by atoms with Crippen molar-refractivity contribution in [2.45, 2.75) is 52.9 Å². The molecule has 0 aromatic heterocycles. The number of hydrogen-bond acceptors (Lipinski definition) is 1. The van der Waals surface area contributed by atoms with Gasteiger partial charge in [-0.2, -0.15) is 0 Å². The Hall–Kier alpha value is -0.0831. The molecule has 0 saturated heterocycles. The van der Waals surface area contributed by atoms with E-state index in [4.69, 9.17) is 0 Å². The third kappa shape index (κ3) is 7.02. The van der Waals surface area contributed by atoms with E-state index in [9.17, 15) is 5.11 Å². The van der Waals surface area contributed by atoms with Crippen LogP contribution in [0.5, 0.6) is 0 Å². The van der Waals surface area contributed by atoms with Gasteiger partial charge in [0.25, 0.3) is 0 Å². The highest BCUT2D eigenvalue weighted by Gasteiger charge is 2.14. The Balaban J connectivity index is 4.25. The Kier molecular flexibility index (Phi) is 4.93. The average molecular weight is 200 g/mol. The highest BCUT2D eigenvalue weighted by atomic mass is 28.3. The van der Waals surface area contributed by atoms with Crippen molar-refractivity contribution in [3.05, 3.63) is 11.3 Å². The van der Waals surface area contributed by atoms with E-state index < -0.39 is 8.07 Å². The lowest BCUT2D eigenvalue weighted by Gasteiger charge is -2.17. The normalized spacial score (nSPS) is 16.5. The molecular weight excluding hydrogens is 176 g/mol. The summed E-state index contributed by atoms with van der Waals surface area (Å²) in [5.74, 6) is 0.569. The van der Waals surface area contributed by atoms with Gasteiger partial charge in [-0.25, -0.2) is 0 Å². The van der Waals surface area contributed by atoms with Gasteiger partial charge in [-0.05, 0) is 19.3 Å². The molecule has 0 amide bonds. The van der Waals surface area contributed by atoms with Crippen molar-refractivity contribution >= 4 is 8.07 Å². The van der Waals surface area contributed by atoms with E-state index >= 15 is 0 Å². The standard InChI is InChI=1S/C11H24OSi/c1-9(2)7-11(12)10(3)8-13(4,5)6/h8-9,11-12H,7H2,1-6H3/b10-8-. The van der Waals surface area contributed by atoms with E-state index in [0.717, 1.165) is 12.0 Å². The lowest BCUT2D eigenvalue weighted by molar-refractivity contribution is 0.183. The Morgan fingerprint density at radius 3 is 2.08 bits per heavy atom. The smallest absolute Gasteiger partial charge is 0.0746 e. The SMILES string of the molecule is C/C(=C/[Si](C)(C)C)C(O)CC(C)C. The van der Waals surface area contributed by atoms with Gasteiger partial charge in [0, 0.05) is 0 Å². The molecule has 1 unspecified atom stereocenters. The van der Waals surface area contributed by atoms with Crippen molar-refractivity contribution in [3.63, 3.8) is 0 Å². The Bertz CT molecular complexity index is 177. The zero-order valence-electron chi connectivity index (χ0n) is 9.89. The number of rotatable bonds is 4. The lowest BCUT2D eigenvalue weighted by atomic mass is 10.0. The predicted molar refractivity (Wildman–Crippen MR) is 62.6 cm³/mol. The first kappa shape index (κ1) is 12.9.